The Morgan fingerprint density at radius 2 is 1.62 bits per heavy atom. The van der Waals surface area contributed by atoms with Gasteiger partial charge in [0.2, 0.25) is 5.91 Å². The summed E-state index contributed by atoms with van der Waals surface area (Å²) < 4.78 is 7.63. The van der Waals surface area contributed by atoms with Crippen molar-refractivity contribution in [3.05, 3.63) is 118 Å². The maximum absolute atomic E-state index is 13.0. The number of rotatable bonds is 9. The number of para-hydroxylation sites is 1. The number of nitrogens with zero attached hydrogens (tertiary/aromatic N) is 2. The van der Waals surface area contributed by atoms with Crippen LogP contribution >= 0.6 is 0 Å². The highest BCUT2D eigenvalue weighted by atomic mass is 16.5. The zero-order valence-corrected chi connectivity index (χ0v) is 19.3. The van der Waals surface area contributed by atoms with Gasteiger partial charge in [0.05, 0.1) is 12.2 Å². The van der Waals surface area contributed by atoms with Gasteiger partial charge in [0.25, 0.3) is 0 Å². The lowest BCUT2D eigenvalue weighted by atomic mass is 10.0. The molecule has 6 nitrogen and oxygen atoms in total. The van der Waals surface area contributed by atoms with Gasteiger partial charge < -0.3 is 10.5 Å². The molecule has 1 amide bonds. The Kier molecular flexibility index (Phi) is 6.87. The largest absolute Gasteiger partial charge is 0.489 e. The van der Waals surface area contributed by atoms with Gasteiger partial charge in [0, 0.05) is 28.8 Å². The first-order valence-electron chi connectivity index (χ1n) is 11.1. The van der Waals surface area contributed by atoms with Crippen molar-refractivity contribution >= 4 is 11.7 Å². The molecule has 0 saturated carbocycles. The van der Waals surface area contributed by atoms with E-state index >= 15 is 0 Å². The molecular formula is C28H27N3O3. The fourth-order valence-electron chi connectivity index (χ4n) is 3.87. The number of Topliss-reactive ketones (excluding diaryl/α,β-unsaturated/α-hetero) is 1. The van der Waals surface area contributed by atoms with Gasteiger partial charge in [-0.15, -0.1) is 0 Å². The first-order valence-corrected chi connectivity index (χ1v) is 11.1. The third-order valence-electron chi connectivity index (χ3n) is 5.84. The minimum Gasteiger partial charge on any atom is -0.489 e. The summed E-state index contributed by atoms with van der Waals surface area (Å²) in [6, 6.07) is 24.4. The molecule has 0 aliphatic rings. The van der Waals surface area contributed by atoms with Crippen molar-refractivity contribution in [3.63, 3.8) is 0 Å². The Labute approximate surface area is 199 Å². The highest BCUT2D eigenvalue weighted by Gasteiger charge is 2.17. The van der Waals surface area contributed by atoms with Crippen molar-refractivity contribution in [3.8, 4) is 5.75 Å². The predicted octanol–water partition coefficient (Wildman–Crippen LogP) is 4.65. The number of aromatic nitrogens is 2. The number of hydrogen-bond donors (Lipinski definition) is 1. The fourth-order valence-corrected chi connectivity index (χ4v) is 3.87. The Morgan fingerprint density at radius 3 is 2.32 bits per heavy atom. The molecule has 1 aromatic heterocycles. The quantitative estimate of drug-likeness (QED) is 0.374. The van der Waals surface area contributed by atoms with Crippen molar-refractivity contribution in [2.45, 2.75) is 33.4 Å². The number of ketones is 1. The zero-order chi connectivity index (χ0) is 24.1. The molecule has 0 atom stereocenters. The minimum atomic E-state index is -0.459. The van der Waals surface area contributed by atoms with Gasteiger partial charge in [-0.25, -0.2) is 0 Å². The molecule has 0 spiro atoms. The van der Waals surface area contributed by atoms with Gasteiger partial charge in [-0.2, -0.15) is 5.10 Å². The number of primary amides is 1. The Balaban J connectivity index is 1.42. The summed E-state index contributed by atoms with van der Waals surface area (Å²) in [4.78, 5) is 24.4. The van der Waals surface area contributed by atoms with Gasteiger partial charge in [0.1, 0.15) is 12.4 Å². The molecule has 0 unspecified atom stereocenters. The van der Waals surface area contributed by atoms with E-state index in [4.69, 9.17) is 10.5 Å². The minimum absolute atomic E-state index is 0.0389. The topological polar surface area (TPSA) is 87.2 Å². The number of amides is 1. The summed E-state index contributed by atoms with van der Waals surface area (Å²) in [6.07, 6.45) is 0.277. The molecule has 4 aromatic rings. The number of nitrogens with two attached hydrogens (primary N) is 1. The molecule has 0 aliphatic carbocycles. The lowest BCUT2D eigenvalue weighted by Gasteiger charge is -2.08. The van der Waals surface area contributed by atoms with E-state index in [-0.39, 0.29) is 12.2 Å². The van der Waals surface area contributed by atoms with Gasteiger partial charge in [-0.05, 0) is 49.2 Å². The molecule has 34 heavy (non-hydrogen) atoms. The van der Waals surface area contributed by atoms with E-state index in [1.807, 2.05) is 79.2 Å². The van der Waals surface area contributed by atoms with E-state index in [1.165, 1.54) is 0 Å². The summed E-state index contributed by atoms with van der Waals surface area (Å²) in [5.74, 6) is 0.392. The van der Waals surface area contributed by atoms with Crippen molar-refractivity contribution in [2.24, 2.45) is 5.73 Å². The molecule has 0 fully saturated rings. The standard InChI is InChI=1S/C28H27N3O3/c1-19-26(20(2)31(30-19)17-22-7-6-8-24(15-22)28(29)33)16-27(32)23-13-11-21(12-14-23)18-34-25-9-4-3-5-10-25/h3-15H,16-18H2,1-2H3,(H2,29,33). The fraction of sp³-hybridized carbons (Fsp3) is 0.179. The molecule has 172 valence electrons. The van der Waals surface area contributed by atoms with E-state index in [2.05, 4.69) is 5.10 Å². The molecule has 0 bridgehead atoms. The van der Waals surface area contributed by atoms with E-state index in [9.17, 15) is 9.59 Å². The predicted molar refractivity (Wildman–Crippen MR) is 131 cm³/mol. The van der Waals surface area contributed by atoms with Crippen LogP contribution in [0.4, 0.5) is 0 Å². The normalized spacial score (nSPS) is 10.8. The lowest BCUT2D eigenvalue weighted by molar-refractivity contribution is 0.0987. The van der Waals surface area contributed by atoms with Crippen LogP contribution in [-0.2, 0) is 19.6 Å². The van der Waals surface area contributed by atoms with E-state index in [0.717, 1.165) is 33.8 Å². The summed E-state index contributed by atoms with van der Waals surface area (Å²) in [5, 5.41) is 4.63. The Hall–Kier alpha value is -4.19. The van der Waals surface area contributed by atoms with Crippen molar-refractivity contribution in [2.75, 3.05) is 0 Å². The zero-order valence-electron chi connectivity index (χ0n) is 19.3. The molecule has 0 radical (unpaired) electrons. The molecule has 2 N–H and O–H groups in total. The average Bonchev–Trinajstić information content (AvgIpc) is 3.11. The van der Waals surface area contributed by atoms with E-state index in [1.54, 1.807) is 18.2 Å². The maximum atomic E-state index is 13.0. The number of aryl methyl sites for hydroxylation is 1. The summed E-state index contributed by atoms with van der Waals surface area (Å²) in [5.41, 5.74) is 11.1. The van der Waals surface area contributed by atoms with Crippen LogP contribution in [0.1, 0.15) is 48.8 Å². The van der Waals surface area contributed by atoms with Gasteiger partial charge in [-0.3, -0.25) is 14.3 Å². The number of hydrogen-bond acceptors (Lipinski definition) is 4. The third-order valence-corrected chi connectivity index (χ3v) is 5.84. The first-order chi connectivity index (χ1) is 16.4. The molecule has 0 saturated heterocycles. The monoisotopic (exact) mass is 453 g/mol. The van der Waals surface area contributed by atoms with Crippen LogP contribution in [0.2, 0.25) is 0 Å². The van der Waals surface area contributed by atoms with Crippen LogP contribution < -0.4 is 10.5 Å². The summed E-state index contributed by atoms with van der Waals surface area (Å²) >= 11 is 0. The summed E-state index contributed by atoms with van der Waals surface area (Å²) in [7, 11) is 0. The van der Waals surface area contributed by atoms with Gasteiger partial charge >= 0.3 is 0 Å². The highest BCUT2D eigenvalue weighted by molar-refractivity contribution is 5.97. The second-order valence-electron chi connectivity index (χ2n) is 8.27. The van der Waals surface area contributed by atoms with Crippen LogP contribution in [0.5, 0.6) is 5.75 Å². The van der Waals surface area contributed by atoms with E-state index < -0.39 is 5.91 Å². The number of carbonyl (C=O) groups excluding carboxylic acids is 2. The molecule has 4 rings (SSSR count). The van der Waals surface area contributed by atoms with Crippen molar-refractivity contribution < 1.29 is 14.3 Å². The number of carbonyl (C=O) groups is 2. The van der Waals surface area contributed by atoms with Gasteiger partial charge in [-0.1, -0.05) is 54.6 Å². The Morgan fingerprint density at radius 1 is 0.882 bits per heavy atom. The average molecular weight is 454 g/mol. The highest BCUT2D eigenvalue weighted by Crippen LogP contribution is 2.19. The molecule has 3 aromatic carbocycles. The molecule has 1 heterocycles. The molecule has 0 aliphatic heterocycles. The maximum Gasteiger partial charge on any atom is 0.248 e. The van der Waals surface area contributed by atoms with Crippen LogP contribution in [-0.4, -0.2) is 21.5 Å². The van der Waals surface area contributed by atoms with Gasteiger partial charge in [0.15, 0.2) is 5.78 Å². The third kappa shape index (κ3) is 5.41. The molecule has 6 heteroatoms. The first kappa shape index (κ1) is 23.0. The van der Waals surface area contributed by atoms with Crippen LogP contribution in [0.25, 0.3) is 0 Å². The van der Waals surface area contributed by atoms with E-state index in [0.29, 0.717) is 24.3 Å². The number of ether oxygens (including phenoxy) is 1. The van der Waals surface area contributed by atoms with Crippen molar-refractivity contribution in [1.29, 1.82) is 0 Å². The van der Waals surface area contributed by atoms with Crippen molar-refractivity contribution in [1.82, 2.24) is 9.78 Å². The second kappa shape index (κ2) is 10.2. The second-order valence-corrected chi connectivity index (χ2v) is 8.27. The van der Waals surface area contributed by atoms with Crippen LogP contribution in [0.15, 0.2) is 78.9 Å². The SMILES string of the molecule is Cc1nn(Cc2cccc(C(N)=O)c2)c(C)c1CC(=O)c1ccc(COc2ccccc2)cc1. The number of benzene rings is 3. The van der Waals surface area contributed by atoms with Crippen LogP contribution in [0, 0.1) is 13.8 Å². The van der Waals surface area contributed by atoms with Crippen LogP contribution in [0.3, 0.4) is 0 Å². The Bertz CT molecular complexity index is 1310. The smallest absolute Gasteiger partial charge is 0.248 e. The molecular weight excluding hydrogens is 426 g/mol. The summed E-state index contributed by atoms with van der Waals surface area (Å²) in [6.45, 7) is 4.82. The lowest BCUT2D eigenvalue weighted by Crippen LogP contribution is -2.12.